The number of aryl methyl sites for hydroxylation is 1. The van der Waals surface area contributed by atoms with Gasteiger partial charge in [0.2, 0.25) is 0 Å². The van der Waals surface area contributed by atoms with Crippen LogP contribution in [0.5, 0.6) is 0 Å². The van der Waals surface area contributed by atoms with E-state index in [9.17, 15) is 0 Å². The summed E-state index contributed by atoms with van der Waals surface area (Å²) in [4.78, 5) is 5.40. The molecule has 1 aromatic heterocycles. The molecule has 102 valence electrons. The van der Waals surface area contributed by atoms with Crippen LogP contribution in [-0.4, -0.2) is 16.1 Å². The number of hydrogen-bond acceptors (Lipinski definition) is 3. The molecule has 19 heavy (non-hydrogen) atoms. The molecule has 0 aliphatic carbocycles. The highest BCUT2D eigenvalue weighted by molar-refractivity contribution is 7.99. The molecule has 1 N–H and O–H groups in total. The van der Waals surface area contributed by atoms with E-state index in [0.717, 1.165) is 40.1 Å². The van der Waals surface area contributed by atoms with Crippen molar-refractivity contribution in [1.29, 1.82) is 0 Å². The summed E-state index contributed by atoms with van der Waals surface area (Å²) in [5, 5.41) is 5.13. The lowest BCUT2D eigenvalue weighted by atomic mass is 10.2. The molecule has 0 aliphatic heterocycles. The Kier molecular flexibility index (Phi) is 5.31. The topological polar surface area (TPSA) is 29.9 Å². The Labute approximate surface area is 123 Å². The predicted molar refractivity (Wildman–Crippen MR) is 80.8 cm³/mol. The molecule has 1 heterocycles. The molecule has 0 fully saturated rings. The summed E-state index contributed by atoms with van der Waals surface area (Å²) in [6, 6.07) is 6.17. The Hall–Kier alpha value is -0.970. The van der Waals surface area contributed by atoms with Crippen LogP contribution in [-0.2, 0) is 13.6 Å². The molecule has 2 aromatic rings. The van der Waals surface area contributed by atoms with Crippen LogP contribution in [0.15, 0.2) is 40.6 Å². The molecular formula is C14H18ClN3S. The monoisotopic (exact) mass is 295 g/mol. The van der Waals surface area contributed by atoms with Crippen molar-refractivity contribution < 1.29 is 0 Å². The lowest BCUT2D eigenvalue weighted by molar-refractivity contribution is 0.675. The first-order valence-corrected chi connectivity index (χ1v) is 7.54. The minimum Gasteiger partial charge on any atom is -0.329 e. The maximum absolute atomic E-state index is 6.31. The molecule has 0 amide bonds. The van der Waals surface area contributed by atoms with Crippen molar-refractivity contribution in [3.05, 3.63) is 41.2 Å². The lowest BCUT2D eigenvalue weighted by Crippen LogP contribution is -2.13. The van der Waals surface area contributed by atoms with E-state index in [1.165, 1.54) is 0 Å². The number of nitrogens with one attached hydrogen (secondary N) is 1. The van der Waals surface area contributed by atoms with Gasteiger partial charge < -0.3 is 9.88 Å². The summed E-state index contributed by atoms with van der Waals surface area (Å²) in [5.41, 5.74) is 1.14. The van der Waals surface area contributed by atoms with Gasteiger partial charge in [-0.25, -0.2) is 4.98 Å². The van der Waals surface area contributed by atoms with Crippen molar-refractivity contribution in [2.45, 2.75) is 29.9 Å². The second-order valence-corrected chi connectivity index (χ2v) is 5.80. The van der Waals surface area contributed by atoms with Crippen molar-refractivity contribution in [3.8, 4) is 0 Å². The fourth-order valence-corrected chi connectivity index (χ4v) is 2.84. The van der Waals surface area contributed by atoms with Gasteiger partial charge in [-0.1, -0.05) is 36.4 Å². The summed E-state index contributed by atoms with van der Waals surface area (Å²) in [6.45, 7) is 3.99. The van der Waals surface area contributed by atoms with Crippen molar-refractivity contribution >= 4 is 23.4 Å². The van der Waals surface area contributed by atoms with Gasteiger partial charge in [-0.05, 0) is 30.7 Å². The Morgan fingerprint density at radius 3 is 2.89 bits per heavy atom. The van der Waals surface area contributed by atoms with Gasteiger partial charge in [-0.3, -0.25) is 0 Å². The number of hydrogen-bond donors (Lipinski definition) is 1. The first kappa shape index (κ1) is 14.4. The Balaban J connectivity index is 2.04. The summed E-state index contributed by atoms with van der Waals surface area (Å²) < 4.78 is 2.00. The van der Waals surface area contributed by atoms with Crippen LogP contribution in [0.25, 0.3) is 0 Å². The molecule has 0 saturated heterocycles. The smallest absolute Gasteiger partial charge is 0.172 e. The molecule has 1 aromatic carbocycles. The number of imidazole rings is 1. The molecule has 0 atom stereocenters. The highest BCUT2D eigenvalue weighted by atomic mass is 35.5. The van der Waals surface area contributed by atoms with E-state index >= 15 is 0 Å². The fraction of sp³-hybridized carbons (Fsp3) is 0.357. The molecule has 0 aliphatic rings. The molecule has 0 radical (unpaired) electrons. The largest absolute Gasteiger partial charge is 0.329 e. The van der Waals surface area contributed by atoms with Gasteiger partial charge in [0.25, 0.3) is 0 Å². The Bertz CT molecular complexity index is 539. The molecule has 0 bridgehead atoms. The third kappa shape index (κ3) is 4.00. The minimum atomic E-state index is 0.808. The molecule has 3 nitrogen and oxygen atoms in total. The molecule has 0 unspecified atom stereocenters. The van der Waals surface area contributed by atoms with Crippen molar-refractivity contribution in [2.24, 2.45) is 7.05 Å². The lowest BCUT2D eigenvalue weighted by Gasteiger charge is -2.08. The summed E-state index contributed by atoms with van der Waals surface area (Å²) in [6.07, 6.45) is 4.87. The third-order valence-corrected chi connectivity index (χ3v) is 4.17. The number of rotatable bonds is 6. The van der Waals surface area contributed by atoms with E-state index in [0.29, 0.717) is 0 Å². The van der Waals surface area contributed by atoms with Gasteiger partial charge in [0.05, 0.1) is 0 Å². The molecule has 0 spiro atoms. The quantitative estimate of drug-likeness (QED) is 0.824. The van der Waals surface area contributed by atoms with Gasteiger partial charge >= 0.3 is 0 Å². The number of benzene rings is 1. The Morgan fingerprint density at radius 2 is 2.26 bits per heavy atom. The number of halogens is 1. The van der Waals surface area contributed by atoms with Crippen LogP contribution < -0.4 is 5.32 Å². The van der Waals surface area contributed by atoms with Crippen LogP contribution in [0.3, 0.4) is 0 Å². The van der Waals surface area contributed by atoms with Gasteiger partial charge in [0.1, 0.15) is 0 Å². The SMILES string of the molecule is CCCNCc1ccc(Sc2nccn2C)cc1Cl. The Morgan fingerprint density at radius 1 is 1.42 bits per heavy atom. The summed E-state index contributed by atoms with van der Waals surface area (Å²) in [5.74, 6) is 0. The molecule has 2 rings (SSSR count). The maximum Gasteiger partial charge on any atom is 0.172 e. The zero-order chi connectivity index (χ0) is 13.7. The maximum atomic E-state index is 6.31. The van der Waals surface area contributed by atoms with Crippen LogP contribution in [0, 0.1) is 0 Å². The van der Waals surface area contributed by atoms with E-state index in [4.69, 9.17) is 11.6 Å². The average Bonchev–Trinajstić information content (AvgIpc) is 2.78. The normalized spacial score (nSPS) is 10.9. The van der Waals surface area contributed by atoms with Gasteiger partial charge in [-0.2, -0.15) is 0 Å². The van der Waals surface area contributed by atoms with E-state index in [-0.39, 0.29) is 0 Å². The first-order chi connectivity index (χ1) is 9.20. The summed E-state index contributed by atoms with van der Waals surface area (Å²) in [7, 11) is 1.99. The van der Waals surface area contributed by atoms with E-state index in [1.54, 1.807) is 18.0 Å². The highest BCUT2D eigenvalue weighted by Crippen LogP contribution is 2.29. The second kappa shape index (κ2) is 6.98. The highest BCUT2D eigenvalue weighted by Gasteiger charge is 2.06. The zero-order valence-corrected chi connectivity index (χ0v) is 12.8. The second-order valence-electron chi connectivity index (χ2n) is 4.35. The van der Waals surface area contributed by atoms with Crippen molar-refractivity contribution in [2.75, 3.05) is 6.54 Å². The van der Waals surface area contributed by atoms with Crippen LogP contribution >= 0.6 is 23.4 Å². The summed E-state index contributed by atoms with van der Waals surface area (Å²) >= 11 is 7.93. The number of nitrogens with zero attached hydrogens (tertiary/aromatic N) is 2. The van der Waals surface area contributed by atoms with E-state index in [2.05, 4.69) is 29.4 Å². The van der Waals surface area contributed by atoms with Gasteiger partial charge in [0.15, 0.2) is 5.16 Å². The predicted octanol–water partition coefficient (Wildman–Crippen LogP) is 3.72. The number of aromatic nitrogens is 2. The standard InChI is InChI=1S/C14H18ClN3S/c1-3-6-16-10-11-4-5-12(9-13(11)15)19-14-17-7-8-18(14)2/h4-5,7-9,16H,3,6,10H2,1-2H3. The molecule has 0 saturated carbocycles. The third-order valence-electron chi connectivity index (χ3n) is 2.75. The molecule has 5 heteroatoms. The van der Waals surface area contributed by atoms with E-state index in [1.807, 2.05) is 23.9 Å². The fourth-order valence-electron chi connectivity index (χ4n) is 1.69. The average molecular weight is 296 g/mol. The van der Waals surface area contributed by atoms with Crippen LogP contribution in [0.4, 0.5) is 0 Å². The van der Waals surface area contributed by atoms with Gasteiger partial charge in [0, 0.05) is 35.9 Å². The first-order valence-electron chi connectivity index (χ1n) is 6.35. The zero-order valence-electron chi connectivity index (χ0n) is 11.2. The van der Waals surface area contributed by atoms with Crippen LogP contribution in [0.2, 0.25) is 5.02 Å². The minimum absolute atomic E-state index is 0.808. The van der Waals surface area contributed by atoms with Crippen molar-refractivity contribution in [3.63, 3.8) is 0 Å². The molecular weight excluding hydrogens is 278 g/mol. The van der Waals surface area contributed by atoms with E-state index < -0.39 is 0 Å². The van der Waals surface area contributed by atoms with Gasteiger partial charge in [-0.15, -0.1) is 0 Å². The van der Waals surface area contributed by atoms with Crippen LogP contribution in [0.1, 0.15) is 18.9 Å². The van der Waals surface area contributed by atoms with Crippen molar-refractivity contribution in [1.82, 2.24) is 14.9 Å².